The van der Waals surface area contributed by atoms with Crippen LogP contribution in [0.4, 0.5) is 0 Å². The molecule has 1 aliphatic rings. The van der Waals surface area contributed by atoms with Crippen molar-refractivity contribution >= 4 is 11.6 Å². The highest BCUT2D eigenvalue weighted by atomic mass is 35.5. The van der Waals surface area contributed by atoms with Gasteiger partial charge in [0.2, 0.25) is 0 Å². The lowest BCUT2D eigenvalue weighted by atomic mass is 9.94. The summed E-state index contributed by atoms with van der Waals surface area (Å²) >= 11 is 6.11. The van der Waals surface area contributed by atoms with Crippen molar-refractivity contribution in [3.05, 3.63) is 46.1 Å². The quantitative estimate of drug-likeness (QED) is 0.839. The van der Waals surface area contributed by atoms with Crippen LogP contribution in [-0.4, -0.2) is 0 Å². The van der Waals surface area contributed by atoms with Crippen LogP contribution in [0.25, 0.3) is 0 Å². The van der Waals surface area contributed by atoms with E-state index in [0.29, 0.717) is 10.6 Å². The highest BCUT2D eigenvalue weighted by Gasteiger charge is 2.70. The Labute approximate surface area is 126 Å². The van der Waals surface area contributed by atoms with Crippen LogP contribution in [0.1, 0.15) is 11.5 Å². The number of rotatable bonds is 2. The number of halogens is 1. The first-order valence-corrected chi connectivity index (χ1v) is 6.32. The van der Waals surface area contributed by atoms with E-state index in [1.165, 1.54) is 0 Å². The summed E-state index contributed by atoms with van der Waals surface area (Å²) in [6.07, 6.45) is 0. The zero-order chi connectivity index (χ0) is 15.6. The van der Waals surface area contributed by atoms with Gasteiger partial charge in [0.15, 0.2) is 0 Å². The maximum absolute atomic E-state index is 9.51. The van der Waals surface area contributed by atoms with E-state index in [-0.39, 0.29) is 11.3 Å². The Kier molecular flexibility index (Phi) is 3.56. The molecule has 0 aliphatic heterocycles. The highest BCUT2D eigenvalue weighted by Crippen LogP contribution is 2.68. The second-order valence-corrected chi connectivity index (χ2v) is 5.01. The van der Waals surface area contributed by atoms with E-state index in [0.717, 1.165) is 0 Å². The molecule has 1 aromatic rings. The largest absolute Gasteiger partial charge is 0.399 e. The van der Waals surface area contributed by atoms with Gasteiger partial charge in [-0.3, -0.25) is 0 Å². The SMILES string of the molecule is N#CC(C#N)=C(N)[C@]1(C#N)[C@@H](C#N)[C@@H]1c1ccccc1Cl. The maximum Gasteiger partial charge on any atom is 0.150 e. The maximum atomic E-state index is 9.51. The van der Waals surface area contributed by atoms with Gasteiger partial charge in [0.1, 0.15) is 23.1 Å². The molecule has 0 saturated heterocycles. The van der Waals surface area contributed by atoms with Crippen molar-refractivity contribution in [1.82, 2.24) is 0 Å². The topological polar surface area (TPSA) is 121 Å². The molecule has 6 heteroatoms. The lowest BCUT2D eigenvalue weighted by Crippen LogP contribution is -2.17. The minimum atomic E-state index is -1.37. The fourth-order valence-corrected chi connectivity index (χ4v) is 2.86. The summed E-state index contributed by atoms with van der Waals surface area (Å²) in [4.78, 5) is 0. The van der Waals surface area contributed by atoms with Gasteiger partial charge in [-0.1, -0.05) is 29.8 Å². The van der Waals surface area contributed by atoms with Gasteiger partial charge in [0.05, 0.1) is 23.8 Å². The van der Waals surface area contributed by atoms with E-state index in [1.807, 2.05) is 12.1 Å². The second kappa shape index (κ2) is 5.18. The molecule has 3 atom stereocenters. The molecule has 0 spiro atoms. The Morgan fingerprint density at radius 2 is 1.76 bits per heavy atom. The molecule has 1 aromatic carbocycles. The summed E-state index contributed by atoms with van der Waals surface area (Å²) in [7, 11) is 0. The molecule has 1 aliphatic carbocycles. The number of benzene rings is 1. The lowest BCUT2D eigenvalue weighted by Gasteiger charge is -2.10. The molecule has 21 heavy (non-hydrogen) atoms. The average molecular weight is 294 g/mol. The van der Waals surface area contributed by atoms with Crippen LogP contribution in [0.3, 0.4) is 0 Å². The second-order valence-electron chi connectivity index (χ2n) is 4.60. The zero-order valence-corrected chi connectivity index (χ0v) is 11.5. The average Bonchev–Trinajstić information content (AvgIpc) is 3.17. The standard InChI is InChI=1S/C15H8ClN5/c16-12-4-2-1-3-10(12)13-11(7-19)15(13,8-20)14(21)9(5-17)6-18/h1-4,11,13H,21H2/t11-,13-,15+/m0/s1. The molecule has 5 nitrogen and oxygen atoms in total. The molecule has 1 saturated carbocycles. The molecular formula is C15H8ClN5. The Morgan fingerprint density at radius 1 is 1.14 bits per heavy atom. The van der Waals surface area contributed by atoms with Crippen LogP contribution in [0.5, 0.6) is 0 Å². The first-order valence-electron chi connectivity index (χ1n) is 5.94. The minimum absolute atomic E-state index is 0.161. The van der Waals surface area contributed by atoms with Crippen molar-refractivity contribution in [2.24, 2.45) is 17.1 Å². The van der Waals surface area contributed by atoms with Crippen LogP contribution in [0, 0.1) is 56.7 Å². The van der Waals surface area contributed by atoms with Gasteiger partial charge in [0.25, 0.3) is 0 Å². The zero-order valence-electron chi connectivity index (χ0n) is 10.7. The molecule has 2 rings (SSSR count). The van der Waals surface area contributed by atoms with Gasteiger partial charge in [-0.2, -0.15) is 21.0 Å². The van der Waals surface area contributed by atoms with Crippen LogP contribution in [-0.2, 0) is 0 Å². The molecular weight excluding hydrogens is 286 g/mol. The first-order chi connectivity index (χ1) is 10.1. The van der Waals surface area contributed by atoms with E-state index in [4.69, 9.17) is 27.9 Å². The first kappa shape index (κ1) is 14.4. The van der Waals surface area contributed by atoms with Crippen molar-refractivity contribution in [3.8, 4) is 24.3 Å². The van der Waals surface area contributed by atoms with E-state index in [9.17, 15) is 10.5 Å². The number of hydrogen-bond acceptors (Lipinski definition) is 5. The fraction of sp³-hybridized carbons (Fsp3) is 0.200. The van der Waals surface area contributed by atoms with Gasteiger partial charge in [-0.15, -0.1) is 0 Å². The Hall–Kier alpha value is -2.99. The highest BCUT2D eigenvalue weighted by molar-refractivity contribution is 6.31. The minimum Gasteiger partial charge on any atom is -0.399 e. The third-order valence-electron chi connectivity index (χ3n) is 3.71. The third-order valence-corrected chi connectivity index (χ3v) is 4.05. The Balaban J connectivity index is 2.63. The predicted molar refractivity (Wildman–Crippen MR) is 73.8 cm³/mol. The molecule has 0 amide bonds. The number of nitriles is 4. The summed E-state index contributed by atoms with van der Waals surface area (Å²) in [6, 6.07) is 14.2. The summed E-state index contributed by atoms with van der Waals surface area (Å²) in [5.41, 5.74) is 4.59. The van der Waals surface area contributed by atoms with Gasteiger partial charge in [0, 0.05) is 10.9 Å². The number of nitrogens with two attached hydrogens (primary N) is 1. The molecule has 0 unspecified atom stereocenters. The van der Waals surface area contributed by atoms with Crippen LogP contribution < -0.4 is 5.73 Å². The van der Waals surface area contributed by atoms with Gasteiger partial charge < -0.3 is 5.73 Å². The van der Waals surface area contributed by atoms with E-state index < -0.39 is 17.3 Å². The van der Waals surface area contributed by atoms with Crippen LogP contribution in [0.2, 0.25) is 5.02 Å². The normalized spacial score (nSPS) is 25.6. The smallest absolute Gasteiger partial charge is 0.150 e. The Bertz CT molecular complexity index is 783. The molecule has 1 fully saturated rings. The predicted octanol–water partition coefficient (Wildman–Crippen LogP) is 2.35. The monoisotopic (exact) mass is 293 g/mol. The molecule has 0 bridgehead atoms. The number of hydrogen-bond donors (Lipinski definition) is 1. The van der Waals surface area contributed by atoms with Gasteiger partial charge >= 0.3 is 0 Å². The molecule has 2 N–H and O–H groups in total. The molecule has 0 heterocycles. The summed E-state index contributed by atoms with van der Waals surface area (Å²) in [5.74, 6) is -1.28. The van der Waals surface area contributed by atoms with Gasteiger partial charge in [-0.05, 0) is 11.6 Å². The van der Waals surface area contributed by atoms with Crippen molar-refractivity contribution in [2.75, 3.05) is 0 Å². The van der Waals surface area contributed by atoms with Gasteiger partial charge in [-0.25, -0.2) is 0 Å². The Morgan fingerprint density at radius 3 is 2.24 bits per heavy atom. The fourth-order valence-electron chi connectivity index (χ4n) is 2.60. The number of allylic oxidation sites excluding steroid dienone is 2. The van der Waals surface area contributed by atoms with E-state index >= 15 is 0 Å². The third kappa shape index (κ3) is 1.89. The van der Waals surface area contributed by atoms with Crippen molar-refractivity contribution < 1.29 is 0 Å². The summed E-state index contributed by atoms with van der Waals surface area (Å²) in [5, 5.41) is 37.1. The summed E-state index contributed by atoms with van der Waals surface area (Å²) in [6.45, 7) is 0. The number of nitrogens with zero attached hydrogens (tertiary/aromatic N) is 4. The van der Waals surface area contributed by atoms with E-state index in [1.54, 1.807) is 36.4 Å². The van der Waals surface area contributed by atoms with Crippen molar-refractivity contribution in [2.45, 2.75) is 5.92 Å². The molecule has 0 radical (unpaired) electrons. The summed E-state index contributed by atoms with van der Waals surface area (Å²) < 4.78 is 0. The molecule has 100 valence electrons. The van der Waals surface area contributed by atoms with Crippen molar-refractivity contribution in [3.63, 3.8) is 0 Å². The molecule has 0 aromatic heterocycles. The van der Waals surface area contributed by atoms with Crippen LogP contribution >= 0.6 is 11.6 Å². The van der Waals surface area contributed by atoms with Crippen LogP contribution in [0.15, 0.2) is 35.5 Å². The lowest BCUT2D eigenvalue weighted by molar-refractivity contribution is 0.719. The van der Waals surface area contributed by atoms with Crippen molar-refractivity contribution in [1.29, 1.82) is 21.0 Å². The van der Waals surface area contributed by atoms with E-state index in [2.05, 4.69) is 0 Å².